The van der Waals surface area contributed by atoms with Gasteiger partial charge in [-0.3, -0.25) is 0 Å². The van der Waals surface area contributed by atoms with Gasteiger partial charge < -0.3 is 14.4 Å². The first-order valence-electron chi connectivity index (χ1n) is 10.3. The molecule has 0 aliphatic rings. The van der Waals surface area contributed by atoms with E-state index in [-0.39, 0.29) is 0 Å². The van der Waals surface area contributed by atoms with Gasteiger partial charge in [0, 0.05) is 24.7 Å². The monoisotopic (exact) mass is 447 g/mol. The molecule has 0 radical (unpaired) electrons. The minimum absolute atomic E-state index is 0.336. The van der Waals surface area contributed by atoms with Crippen LogP contribution < -0.4 is 14.4 Å². The molecule has 4 rings (SSSR count). The Morgan fingerprint density at radius 2 is 1.18 bits per heavy atom. The van der Waals surface area contributed by atoms with Gasteiger partial charge in [0.2, 0.25) is 0 Å². The third-order valence-corrected chi connectivity index (χ3v) is 5.20. The number of anilines is 1. The summed E-state index contributed by atoms with van der Waals surface area (Å²) in [5.41, 5.74) is 2.87. The van der Waals surface area contributed by atoms with E-state index in [1.807, 2.05) is 48.5 Å². The molecule has 0 bridgehead atoms. The summed E-state index contributed by atoms with van der Waals surface area (Å²) in [5, 5.41) is 8.58. The highest BCUT2D eigenvalue weighted by Gasteiger charge is 2.13. The zero-order valence-electron chi connectivity index (χ0n) is 18.3. The minimum Gasteiger partial charge on any atom is -0.497 e. The van der Waals surface area contributed by atoms with Crippen molar-refractivity contribution in [2.24, 2.45) is 0 Å². The van der Waals surface area contributed by atoms with E-state index in [2.05, 4.69) is 15.1 Å². The standard InChI is InChI=1S/C26H23F2N3O2/c1-32-23-7-3-18(4-8-23)16-31(17-19-5-9-24(33-2)10-6-19)26-12-11-25(29-30-26)20-13-21(27)15-22(28)14-20/h3-15H,16-17H2,1-2H3. The van der Waals surface area contributed by atoms with Crippen molar-refractivity contribution in [3.8, 4) is 22.8 Å². The second kappa shape index (κ2) is 10.1. The summed E-state index contributed by atoms with van der Waals surface area (Å²) in [4.78, 5) is 2.08. The summed E-state index contributed by atoms with van der Waals surface area (Å²) >= 11 is 0. The van der Waals surface area contributed by atoms with Crippen LogP contribution in [0.1, 0.15) is 11.1 Å². The van der Waals surface area contributed by atoms with E-state index in [0.29, 0.717) is 30.2 Å². The first-order valence-corrected chi connectivity index (χ1v) is 10.3. The average molecular weight is 447 g/mol. The maximum Gasteiger partial charge on any atom is 0.151 e. The molecule has 7 heteroatoms. The third kappa shape index (κ3) is 5.63. The van der Waals surface area contributed by atoms with E-state index in [4.69, 9.17) is 9.47 Å². The Balaban J connectivity index is 1.61. The van der Waals surface area contributed by atoms with Crippen molar-refractivity contribution in [2.45, 2.75) is 13.1 Å². The first kappa shape index (κ1) is 22.2. The van der Waals surface area contributed by atoms with Crippen molar-refractivity contribution in [3.63, 3.8) is 0 Å². The van der Waals surface area contributed by atoms with Crippen LogP contribution >= 0.6 is 0 Å². The smallest absolute Gasteiger partial charge is 0.151 e. The quantitative estimate of drug-likeness (QED) is 0.350. The molecule has 5 nitrogen and oxygen atoms in total. The van der Waals surface area contributed by atoms with Gasteiger partial charge in [-0.05, 0) is 59.7 Å². The highest BCUT2D eigenvalue weighted by molar-refractivity contribution is 5.60. The number of halogens is 2. The second-order valence-corrected chi connectivity index (χ2v) is 7.49. The molecule has 0 saturated heterocycles. The number of ether oxygens (including phenoxy) is 2. The van der Waals surface area contributed by atoms with Crippen molar-refractivity contribution in [1.29, 1.82) is 0 Å². The van der Waals surface area contributed by atoms with Gasteiger partial charge in [0.25, 0.3) is 0 Å². The van der Waals surface area contributed by atoms with Gasteiger partial charge in [-0.1, -0.05) is 24.3 Å². The number of benzene rings is 3. The van der Waals surface area contributed by atoms with Gasteiger partial charge in [-0.2, -0.15) is 0 Å². The lowest BCUT2D eigenvalue weighted by atomic mass is 10.1. The predicted octanol–water partition coefficient (Wildman–Crippen LogP) is 5.65. The van der Waals surface area contributed by atoms with E-state index in [1.165, 1.54) is 12.1 Å². The molecule has 0 saturated carbocycles. The summed E-state index contributed by atoms with van der Waals surface area (Å²) in [5.74, 6) is 0.897. The molecule has 1 aromatic heterocycles. The highest BCUT2D eigenvalue weighted by Crippen LogP contribution is 2.24. The number of hydrogen-bond donors (Lipinski definition) is 0. The van der Waals surface area contributed by atoms with Gasteiger partial charge in [0.1, 0.15) is 23.1 Å². The first-order chi connectivity index (χ1) is 16.0. The highest BCUT2D eigenvalue weighted by atomic mass is 19.1. The SMILES string of the molecule is COc1ccc(CN(Cc2ccc(OC)cc2)c2ccc(-c3cc(F)cc(F)c3)nn2)cc1. The molecule has 0 unspecified atom stereocenters. The van der Waals surface area contributed by atoms with Gasteiger partial charge in [-0.25, -0.2) is 8.78 Å². The number of rotatable bonds is 8. The fourth-order valence-electron chi connectivity index (χ4n) is 3.47. The van der Waals surface area contributed by atoms with E-state index in [9.17, 15) is 8.78 Å². The van der Waals surface area contributed by atoms with Crippen LogP contribution in [0.25, 0.3) is 11.3 Å². The molecule has 0 aliphatic heterocycles. The van der Waals surface area contributed by atoms with Crippen LogP contribution in [-0.2, 0) is 13.1 Å². The molecule has 0 fully saturated rings. The Kier molecular flexibility index (Phi) is 6.78. The molecule has 0 atom stereocenters. The lowest BCUT2D eigenvalue weighted by Crippen LogP contribution is -2.23. The van der Waals surface area contributed by atoms with Crippen molar-refractivity contribution < 1.29 is 18.3 Å². The van der Waals surface area contributed by atoms with Crippen molar-refractivity contribution in [2.75, 3.05) is 19.1 Å². The lowest BCUT2D eigenvalue weighted by Gasteiger charge is -2.24. The third-order valence-electron chi connectivity index (χ3n) is 5.20. The molecular weight excluding hydrogens is 424 g/mol. The van der Waals surface area contributed by atoms with E-state index < -0.39 is 11.6 Å². The summed E-state index contributed by atoms with van der Waals surface area (Å²) in [7, 11) is 3.26. The topological polar surface area (TPSA) is 47.5 Å². The van der Waals surface area contributed by atoms with Crippen molar-refractivity contribution in [1.82, 2.24) is 10.2 Å². The average Bonchev–Trinajstić information content (AvgIpc) is 2.84. The van der Waals surface area contributed by atoms with Gasteiger partial charge >= 0.3 is 0 Å². The molecule has 4 aromatic rings. The van der Waals surface area contributed by atoms with E-state index >= 15 is 0 Å². The minimum atomic E-state index is -0.656. The second-order valence-electron chi connectivity index (χ2n) is 7.49. The zero-order valence-corrected chi connectivity index (χ0v) is 18.3. The van der Waals surface area contributed by atoms with Crippen molar-refractivity contribution >= 4 is 5.82 Å². The molecule has 0 amide bonds. The normalized spacial score (nSPS) is 10.7. The molecule has 168 valence electrons. The molecule has 0 spiro atoms. The van der Waals surface area contributed by atoms with Crippen molar-refractivity contribution in [3.05, 3.63) is 102 Å². The Labute approximate surface area is 191 Å². The summed E-state index contributed by atoms with van der Waals surface area (Å²) < 4.78 is 37.7. The van der Waals surface area contributed by atoms with Crippen LogP contribution in [0, 0.1) is 11.6 Å². The Morgan fingerprint density at radius 3 is 1.61 bits per heavy atom. The number of methoxy groups -OCH3 is 2. The van der Waals surface area contributed by atoms with Gasteiger partial charge in [0.05, 0.1) is 19.9 Å². The summed E-state index contributed by atoms with van der Waals surface area (Å²) in [6.45, 7) is 1.16. The number of nitrogens with zero attached hydrogens (tertiary/aromatic N) is 3. The fourth-order valence-corrected chi connectivity index (χ4v) is 3.47. The largest absolute Gasteiger partial charge is 0.497 e. The fraction of sp³-hybridized carbons (Fsp3) is 0.154. The van der Waals surface area contributed by atoms with Gasteiger partial charge in [0.15, 0.2) is 5.82 Å². The van der Waals surface area contributed by atoms with E-state index in [0.717, 1.165) is 28.7 Å². The zero-order chi connectivity index (χ0) is 23.2. The van der Waals surface area contributed by atoms with E-state index in [1.54, 1.807) is 26.4 Å². The molecule has 33 heavy (non-hydrogen) atoms. The van der Waals surface area contributed by atoms with Gasteiger partial charge in [-0.15, -0.1) is 10.2 Å². The van der Waals surface area contributed by atoms with Crippen LogP contribution in [-0.4, -0.2) is 24.4 Å². The van der Waals surface area contributed by atoms with Crippen LogP contribution in [0.15, 0.2) is 78.9 Å². The maximum absolute atomic E-state index is 13.6. The van der Waals surface area contributed by atoms with Crippen LogP contribution in [0.5, 0.6) is 11.5 Å². The van der Waals surface area contributed by atoms with Crippen LogP contribution in [0.2, 0.25) is 0 Å². The van der Waals surface area contributed by atoms with Crippen LogP contribution in [0.4, 0.5) is 14.6 Å². The summed E-state index contributed by atoms with van der Waals surface area (Å²) in [6.07, 6.45) is 0. The predicted molar refractivity (Wildman–Crippen MR) is 123 cm³/mol. The molecule has 0 aliphatic carbocycles. The number of hydrogen-bond acceptors (Lipinski definition) is 5. The Hall–Kier alpha value is -4.00. The van der Waals surface area contributed by atoms with Crippen LogP contribution in [0.3, 0.4) is 0 Å². The maximum atomic E-state index is 13.6. The molecule has 0 N–H and O–H groups in total. The lowest BCUT2D eigenvalue weighted by molar-refractivity contribution is 0.414. The molecule has 1 heterocycles. The molecular formula is C26H23F2N3O2. The molecule has 3 aromatic carbocycles. The Morgan fingerprint density at radius 1 is 0.667 bits per heavy atom. The summed E-state index contributed by atoms with van der Waals surface area (Å²) in [6, 6.07) is 22.5. The Bertz CT molecular complexity index is 1130. The number of aromatic nitrogens is 2.